The summed E-state index contributed by atoms with van der Waals surface area (Å²) in [4.78, 5) is 50.3. The van der Waals surface area contributed by atoms with E-state index in [1.807, 2.05) is 0 Å². The van der Waals surface area contributed by atoms with Crippen molar-refractivity contribution < 1.29 is 37.1 Å². The molecule has 3 aliphatic rings. The topological polar surface area (TPSA) is 105 Å². The van der Waals surface area contributed by atoms with Gasteiger partial charge in [-0.2, -0.15) is 0 Å². The molecule has 29 heavy (non-hydrogen) atoms. The zero-order valence-electron chi connectivity index (χ0n) is 16.0. The summed E-state index contributed by atoms with van der Waals surface area (Å²) in [5.41, 5.74) is -0.0715. The van der Waals surface area contributed by atoms with Gasteiger partial charge in [0.05, 0.1) is 6.04 Å². The summed E-state index contributed by atoms with van der Waals surface area (Å²) in [6.45, 7) is 0.958. The Balaban J connectivity index is 1.69. The second-order valence-corrected chi connectivity index (χ2v) is 8.14. The third-order valence-corrected chi connectivity index (χ3v) is 5.94. The molecule has 11 heteroatoms. The van der Waals surface area contributed by atoms with Crippen LogP contribution in [-0.2, 0) is 23.9 Å². The van der Waals surface area contributed by atoms with Crippen LogP contribution < -0.4 is 10.6 Å². The number of hydrogen-bond donors (Lipinski definition) is 2. The number of likely N-dealkylation sites (tertiary alicyclic amines) is 1. The lowest BCUT2D eigenvalue weighted by Crippen LogP contribution is -2.52. The lowest BCUT2D eigenvalue weighted by atomic mass is 9.95. The minimum absolute atomic E-state index is 0.0715. The second kappa shape index (κ2) is 7.92. The van der Waals surface area contributed by atoms with E-state index in [1.54, 1.807) is 0 Å². The lowest BCUT2D eigenvalue weighted by molar-refractivity contribution is -0.321. The van der Waals surface area contributed by atoms with E-state index in [9.17, 15) is 32.3 Å². The van der Waals surface area contributed by atoms with Crippen molar-refractivity contribution in [2.75, 3.05) is 19.7 Å². The van der Waals surface area contributed by atoms with Gasteiger partial charge in [0.25, 0.3) is 0 Å². The molecule has 2 N–H and O–H groups in total. The molecule has 0 radical (unpaired) electrons. The molecular formula is C18H24F3N3O5. The van der Waals surface area contributed by atoms with Crippen molar-refractivity contribution >= 4 is 23.5 Å². The highest BCUT2D eigenvalue weighted by Crippen LogP contribution is 2.54. The van der Waals surface area contributed by atoms with Crippen LogP contribution in [0.3, 0.4) is 0 Å². The Morgan fingerprint density at radius 3 is 2.55 bits per heavy atom. The van der Waals surface area contributed by atoms with Gasteiger partial charge in [0.1, 0.15) is 12.6 Å². The monoisotopic (exact) mass is 419 g/mol. The minimum Gasteiger partial charge on any atom is -0.356 e. The number of carbonyl (C=O) groups is 4. The second-order valence-electron chi connectivity index (χ2n) is 8.14. The number of ether oxygens (including phenoxy) is 1. The molecule has 1 unspecified atom stereocenters. The molecule has 2 heterocycles. The fourth-order valence-corrected chi connectivity index (χ4v) is 4.11. The third kappa shape index (κ3) is 5.26. The first-order valence-electron chi connectivity index (χ1n) is 9.58. The molecule has 3 fully saturated rings. The van der Waals surface area contributed by atoms with Gasteiger partial charge in [0.2, 0.25) is 17.7 Å². The molecule has 0 bridgehead atoms. The normalized spacial score (nSPS) is 26.3. The van der Waals surface area contributed by atoms with Crippen molar-refractivity contribution in [3.8, 4) is 0 Å². The van der Waals surface area contributed by atoms with Crippen molar-refractivity contribution in [3.05, 3.63) is 0 Å². The fraction of sp³-hybridized carbons (Fsp3) is 0.778. The predicted molar refractivity (Wildman–Crippen MR) is 92.1 cm³/mol. The number of halogens is 3. The Bertz CT molecular complexity index is 707. The highest BCUT2D eigenvalue weighted by molar-refractivity contribution is 5.94. The predicted octanol–water partition coefficient (Wildman–Crippen LogP) is 0.504. The summed E-state index contributed by atoms with van der Waals surface area (Å²) >= 11 is 0. The average Bonchev–Trinajstić information content (AvgIpc) is 3.07. The summed E-state index contributed by atoms with van der Waals surface area (Å²) in [6.07, 6.45) is -2.40. The molecule has 3 atom stereocenters. The molecule has 1 saturated carbocycles. The van der Waals surface area contributed by atoms with Crippen molar-refractivity contribution in [1.29, 1.82) is 0 Å². The van der Waals surface area contributed by atoms with E-state index in [4.69, 9.17) is 0 Å². The number of Topliss-reactive ketones (excluding diaryl/α,β-unsaturated/α-hetero) is 1. The Morgan fingerprint density at radius 2 is 2.03 bits per heavy atom. The van der Waals surface area contributed by atoms with Crippen LogP contribution in [0.1, 0.15) is 39.0 Å². The van der Waals surface area contributed by atoms with Crippen molar-refractivity contribution in [2.24, 2.45) is 11.3 Å². The molecule has 1 spiro atoms. The van der Waals surface area contributed by atoms with Crippen molar-refractivity contribution in [1.82, 2.24) is 15.5 Å². The van der Waals surface area contributed by atoms with E-state index in [0.29, 0.717) is 25.9 Å². The first-order valence-corrected chi connectivity index (χ1v) is 9.58. The highest BCUT2D eigenvalue weighted by Gasteiger charge is 2.54. The zero-order valence-corrected chi connectivity index (χ0v) is 16.0. The first kappa shape index (κ1) is 21.5. The Hall–Kier alpha value is -2.17. The van der Waals surface area contributed by atoms with Gasteiger partial charge in [0.15, 0.2) is 5.78 Å². The summed E-state index contributed by atoms with van der Waals surface area (Å²) in [6, 6.07) is -2.07. The highest BCUT2D eigenvalue weighted by atomic mass is 19.4. The largest absolute Gasteiger partial charge is 0.522 e. The van der Waals surface area contributed by atoms with Gasteiger partial charge in [-0.15, -0.1) is 13.2 Å². The van der Waals surface area contributed by atoms with E-state index in [0.717, 1.165) is 12.8 Å². The van der Waals surface area contributed by atoms with Crippen molar-refractivity contribution in [2.45, 2.75) is 57.5 Å². The van der Waals surface area contributed by atoms with E-state index < -0.39 is 42.7 Å². The van der Waals surface area contributed by atoms with E-state index in [2.05, 4.69) is 15.4 Å². The van der Waals surface area contributed by atoms with Gasteiger partial charge in [0, 0.05) is 25.9 Å². The van der Waals surface area contributed by atoms with E-state index >= 15 is 0 Å². The molecule has 8 nitrogen and oxygen atoms in total. The molecule has 2 saturated heterocycles. The molecule has 3 rings (SSSR count). The Morgan fingerprint density at radius 1 is 1.34 bits per heavy atom. The Labute approximate surface area is 165 Å². The van der Waals surface area contributed by atoms with Crippen LogP contribution in [0.4, 0.5) is 13.2 Å². The number of hydrogen-bond acceptors (Lipinski definition) is 5. The molecule has 162 valence electrons. The van der Waals surface area contributed by atoms with E-state index in [-0.39, 0.29) is 23.7 Å². The average molecular weight is 419 g/mol. The molecule has 0 aromatic heterocycles. The van der Waals surface area contributed by atoms with Crippen molar-refractivity contribution in [3.63, 3.8) is 0 Å². The molecular weight excluding hydrogens is 395 g/mol. The maximum absolute atomic E-state index is 12.8. The van der Waals surface area contributed by atoms with Crippen LogP contribution in [0.2, 0.25) is 0 Å². The Kier molecular flexibility index (Phi) is 5.88. The summed E-state index contributed by atoms with van der Waals surface area (Å²) in [5.74, 6) is -2.72. The molecule has 0 aromatic carbocycles. The minimum atomic E-state index is -4.98. The van der Waals surface area contributed by atoms with Gasteiger partial charge in [-0.3, -0.25) is 23.9 Å². The maximum atomic E-state index is 12.8. The number of amides is 3. The standard InChI is InChI=1S/C18H24F3N3O5/c1-10(25)24-9-17(3-4-17)7-13(24)16(28)23-12(6-11-2-5-22-15(11)27)14(26)8-29-18(19,20)21/h11-13H,2-9H2,1H3,(H,22,27)(H,23,28)/t11-,12?,13-/m0/s1. The number of rotatable bonds is 7. The number of nitrogens with zero attached hydrogens (tertiary/aromatic N) is 1. The summed E-state index contributed by atoms with van der Waals surface area (Å²) in [5, 5.41) is 5.08. The van der Waals surface area contributed by atoms with Crippen LogP contribution >= 0.6 is 0 Å². The maximum Gasteiger partial charge on any atom is 0.522 e. The number of ketones is 1. The first-order chi connectivity index (χ1) is 13.5. The summed E-state index contributed by atoms with van der Waals surface area (Å²) in [7, 11) is 0. The number of alkyl halides is 3. The third-order valence-electron chi connectivity index (χ3n) is 5.94. The SMILES string of the molecule is CC(=O)N1CC2(CC2)C[C@H]1C(=O)NC(C[C@@H]1CCNC1=O)C(=O)COC(F)(F)F. The van der Waals surface area contributed by atoms with Crippen LogP contribution in [0.15, 0.2) is 0 Å². The van der Waals surface area contributed by atoms with Gasteiger partial charge >= 0.3 is 6.36 Å². The zero-order chi connectivity index (χ0) is 21.4. The molecule has 3 amide bonds. The lowest BCUT2D eigenvalue weighted by Gasteiger charge is -2.26. The van der Waals surface area contributed by atoms with E-state index in [1.165, 1.54) is 11.8 Å². The van der Waals surface area contributed by atoms with Crippen LogP contribution in [-0.4, -0.2) is 66.5 Å². The molecule has 1 aliphatic carbocycles. The van der Waals surface area contributed by atoms with Crippen LogP contribution in [0.25, 0.3) is 0 Å². The summed E-state index contributed by atoms with van der Waals surface area (Å²) < 4.78 is 40.6. The van der Waals surface area contributed by atoms with Crippen LogP contribution in [0, 0.1) is 11.3 Å². The van der Waals surface area contributed by atoms with Gasteiger partial charge in [-0.05, 0) is 37.5 Å². The molecule has 2 aliphatic heterocycles. The number of carbonyl (C=O) groups excluding carboxylic acids is 4. The quantitative estimate of drug-likeness (QED) is 0.626. The smallest absolute Gasteiger partial charge is 0.356 e. The molecule has 0 aromatic rings. The fourth-order valence-electron chi connectivity index (χ4n) is 4.11. The van der Waals surface area contributed by atoms with Gasteiger partial charge in [-0.25, -0.2) is 0 Å². The van der Waals surface area contributed by atoms with Crippen LogP contribution in [0.5, 0.6) is 0 Å². The van der Waals surface area contributed by atoms with Gasteiger partial charge in [-0.1, -0.05) is 0 Å². The number of nitrogens with one attached hydrogen (secondary N) is 2. The van der Waals surface area contributed by atoms with Gasteiger partial charge < -0.3 is 15.5 Å².